The zero-order chi connectivity index (χ0) is 32.4. The highest BCUT2D eigenvalue weighted by atomic mass is 32.1. The van der Waals surface area contributed by atoms with E-state index in [1.165, 1.54) is 36.1 Å². The second-order valence-corrected chi connectivity index (χ2v) is 16.8. The standard InChI is InChI=1S/C38H57NO3S/c1-13-14-15-16-27-17-19-28(20-18-27)31-23-29-21-22-30(24-32(29)39(31)12)41-38(11,43)26-36(8,9)42-33(40)37(10,35(5,6)7)25-34(2,3)4/h17-24,43H,13-16,25-26H2,1-12H3. The summed E-state index contributed by atoms with van der Waals surface area (Å²) in [6.07, 6.45) is 6.04. The lowest BCUT2D eigenvalue weighted by atomic mass is 9.61. The zero-order valence-corrected chi connectivity index (χ0v) is 29.9. The number of fused-ring (bicyclic) bond motifs is 1. The summed E-state index contributed by atoms with van der Waals surface area (Å²) in [5, 5.41) is 1.16. The van der Waals surface area contributed by atoms with Crippen molar-refractivity contribution in [3.63, 3.8) is 0 Å². The van der Waals surface area contributed by atoms with Crippen molar-refractivity contribution in [2.45, 2.75) is 125 Å². The number of nitrogens with zero attached hydrogens (tertiary/aromatic N) is 1. The van der Waals surface area contributed by atoms with Gasteiger partial charge < -0.3 is 14.0 Å². The lowest BCUT2D eigenvalue weighted by Gasteiger charge is -2.45. The van der Waals surface area contributed by atoms with Crippen molar-refractivity contribution < 1.29 is 14.3 Å². The number of hydrogen-bond acceptors (Lipinski definition) is 4. The van der Waals surface area contributed by atoms with Crippen LogP contribution in [-0.4, -0.2) is 21.1 Å². The van der Waals surface area contributed by atoms with Gasteiger partial charge in [-0.1, -0.05) is 85.6 Å². The van der Waals surface area contributed by atoms with E-state index in [4.69, 9.17) is 22.1 Å². The molecule has 0 saturated carbocycles. The molecule has 0 aliphatic rings. The van der Waals surface area contributed by atoms with Gasteiger partial charge >= 0.3 is 5.97 Å². The Morgan fingerprint density at radius 1 is 0.837 bits per heavy atom. The Balaban J connectivity index is 1.76. The monoisotopic (exact) mass is 607 g/mol. The fourth-order valence-corrected chi connectivity index (χ4v) is 6.74. The van der Waals surface area contributed by atoms with Gasteiger partial charge in [0.2, 0.25) is 0 Å². The van der Waals surface area contributed by atoms with Crippen molar-refractivity contribution in [1.82, 2.24) is 4.57 Å². The molecule has 43 heavy (non-hydrogen) atoms. The van der Waals surface area contributed by atoms with Gasteiger partial charge in [-0.3, -0.25) is 4.79 Å². The van der Waals surface area contributed by atoms with E-state index in [0.717, 1.165) is 29.5 Å². The minimum atomic E-state index is -0.860. The first-order valence-electron chi connectivity index (χ1n) is 16.0. The predicted molar refractivity (Wildman–Crippen MR) is 186 cm³/mol. The summed E-state index contributed by atoms with van der Waals surface area (Å²) >= 11 is 4.91. The summed E-state index contributed by atoms with van der Waals surface area (Å²) in [5.74, 6) is 0.564. The Labute approximate surface area is 267 Å². The van der Waals surface area contributed by atoms with Crippen LogP contribution in [0, 0.1) is 16.2 Å². The SMILES string of the molecule is CCCCCc1ccc(-c2cc3ccc(OC(C)(S)CC(C)(C)OC(=O)C(C)(CC(C)(C)C)C(C)(C)C)cc3n2C)cc1. The van der Waals surface area contributed by atoms with Gasteiger partial charge in [-0.05, 0) is 87.1 Å². The average molecular weight is 608 g/mol. The number of hydrogen-bond donors (Lipinski definition) is 1. The molecule has 5 heteroatoms. The van der Waals surface area contributed by atoms with Gasteiger partial charge in [0, 0.05) is 30.6 Å². The molecule has 238 valence electrons. The minimum absolute atomic E-state index is 0.0144. The number of rotatable bonds is 12. The second kappa shape index (κ2) is 12.9. The van der Waals surface area contributed by atoms with Gasteiger partial charge in [-0.15, -0.1) is 12.6 Å². The molecule has 1 aromatic heterocycles. The largest absolute Gasteiger partial charge is 0.477 e. The molecular formula is C38H57NO3S. The predicted octanol–water partition coefficient (Wildman–Crippen LogP) is 10.8. The van der Waals surface area contributed by atoms with Crippen LogP contribution in [0.4, 0.5) is 0 Å². The van der Waals surface area contributed by atoms with Crippen LogP contribution in [0.25, 0.3) is 22.2 Å². The number of unbranched alkanes of at least 4 members (excludes halogenated alkanes) is 2. The molecule has 2 unspecified atom stereocenters. The lowest BCUT2D eigenvalue weighted by molar-refractivity contribution is -0.180. The van der Waals surface area contributed by atoms with Crippen molar-refractivity contribution >= 4 is 29.5 Å². The minimum Gasteiger partial charge on any atom is -0.477 e. The Kier molecular flexibility index (Phi) is 10.5. The first kappa shape index (κ1) is 35.1. The fourth-order valence-electron chi connectivity index (χ4n) is 6.26. The smallest absolute Gasteiger partial charge is 0.312 e. The van der Waals surface area contributed by atoms with Gasteiger partial charge in [-0.25, -0.2) is 0 Å². The molecule has 0 amide bonds. The van der Waals surface area contributed by atoms with Crippen LogP contribution in [-0.2, 0) is 23.0 Å². The molecule has 0 aliphatic heterocycles. The maximum atomic E-state index is 13.7. The highest BCUT2D eigenvalue weighted by molar-refractivity contribution is 7.81. The molecule has 0 aliphatic carbocycles. The van der Waals surface area contributed by atoms with Crippen molar-refractivity contribution in [2.24, 2.45) is 23.3 Å². The van der Waals surface area contributed by atoms with E-state index in [9.17, 15) is 4.79 Å². The molecule has 2 aromatic carbocycles. The number of aromatic nitrogens is 1. The van der Waals surface area contributed by atoms with Crippen LogP contribution in [0.1, 0.15) is 114 Å². The third-order valence-electron chi connectivity index (χ3n) is 8.79. The molecule has 0 fully saturated rings. The number of thiol groups is 1. The first-order valence-corrected chi connectivity index (χ1v) is 16.4. The Bertz CT molecular complexity index is 1390. The second-order valence-electron chi connectivity index (χ2n) is 15.9. The summed E-state index contributed by atoms with van der Waals surface area (Å²) in [5.41, 5.74) is 3.18. The van der Waals surface area contributed by atoms with Gasteiger partial charge in [0.05, 0.1) is 10.9 Å². The van der Waals surface area contributed by atoms with E-state index >= 15 is 0 Å². The highest BCUT2D eigenvalue weighted by Crippen LogP contribution is 2.48. The number of benzene rings is 2. The third kappa shape index (κ3) is 9.06. The Morgan fingerprint density at radius 3 is 2.02 bits per heavy atom. The maximum absolute atomic E-state index is 13.7. The van der Waals surface area contributed by atoms with E-state index in [-0.39, 0.29) is 16.8 Å². The van der Waals surface area contributed by atoms with E-state index < -0.39 is 15.9 Å². The quantitative estimate of drug-likeness (QED) is 0.0963. The normalized spacial score (nSPS) is 15.7. The molecule has 0 radical (unpaired) electrons. The zero-order valence-electron chi connectivity index (χ0n) is 29.0. The van der Waals surface area contributed by atoms with Crippen LogP contribution in [0.15, 0.2) is 48.5 Å². The van der Waals surface area contributed by atoms with Crippen molar-refractivity contribution in [3.05, 3.63) is 54.1 Å². The van der Waals surface area contributed by atoms with Crippen LogP contribution in [0.3, 0.4) is 0 Å². The number of ether oxygens (including phenoxy) is 2. The van der Waals surface area contributed by atoms with Gasteiger partial charge in [0.1, 0.15) is 11.4 Å². The van der Waals surface area contributed by atoms with E-state index in [0.29, 0.717) is 6.42 Å². The molecule has 4 nitrogen and oxygen atoms in total. The maximum Gasteiger partial charge on any atom is 0.312 e. The summed E-state index contributed by atoms with van der Waals surface area (Å²) in [4.78, 5) is 12.9. The van der Waals surface area contributed by atoms with Gasteiger partial charge in [0.25, 0.3) is 0 Å². The summed E-state index contributed by atoms with van der Waals surface area (Å²) < 4.78 is 14.9. The van der Waals surface area contributed by atoms with Crippen molar-refractivity contribution in [3.8, 4) is 17.0 Å². The average Bonchev–Trinajstić information content (AvgIpc) is 3.17. The van der Waals surface area contributed by atoms with Crippen LogP contribution < -0.4 is 4.74 Å². The first-order chi connectivity index (χ1) is 19.7. The van der Waals surface area contributed by atoms with E-state index in [1.54, 1.807) is 0 Å². The molecule has 0 saturated heterocycles. The number of carbonyl (C=O) groups is 1. The van der Waals surface area contributed by atoms with Crippen LogP contribution in [0.5, 0.6) is 5.75 Å². The molecule has 2 atom stereocenters. The van der Waals surface area contributed by atoms with Gasteiger partial charge in [-0.2, -0.15) is 0 Å². The van der Waals surface area contributed by atoms with Crippen LogP contribution in [0.2, 0.25) is 0 Å². The highest BCUT2D eigenvalue weighted by Gasteiger charge is 2.49. The number of carbonyl (C=O) groups excluding carboxylic acids is 1. The molecule has 1 heterocycles. The Morgan fingerprint density at radius 2 is 1.47 bits per heavy atom. The lowest BCUT2D eigenvalue weighted by Crippen LogP contribution is -2.48. The van der Waals surface area contributed by atoms with Gasteiger partial charge in [0.15, 0.2) is 4.93 Å². The fraction of sp³-hybridized carbons (Fsp3) is 0.605. The Hall–Kier alpha value is -2.40. The third-order valence-corrected chi connectivity index (χ3v) is 9.04. The molecular weight excluding hydrogens is 550 g/mol. The van der Waals surface area contributed by atoms with E-state index in [2.05, 4.69) is 103 Å². The molecule has 0 spiro atoms. The molecule has 0 N–H and O–H groups in total. The number of esters is 1. The van der Waals surface area contributed by atoms with Crippen LogP contribution >= 0.6 is 12.6 Å². The summed E-state index contributed by atoms with van der Waals surface area (Å²) in [6, 6.07) is 17.4. The summed E-state index contributed by atoms with van der Waals surface area (Å²) in [6.45, 7) is 23.0. The number of aryl methyl sites for hydroxylation is 2. The topological polar surface area (TPSA) is 40.5 Å². The molecule has 3 rings (SSSR count). The van der Waals surface area contributed by atoms with Crippen molar-refractivity contribution in [1.29, 1.82) is 0 Å². The van der Waals surface area contributed by atoms with E-state index in [1.807, 2.05) is 33.8 Å². The molecule has 0 bridgehead atoms. The summed E-state index contributed by atoms with van der Waals surface area (Å²) in [7, 11) is 2.10. The van der Waals surface area contributed by atoms with Crippen molar-refractivity contribution in [2.75, 3.05) is 0 Å². The molecule has 3 aromatic rings.